The third kappa shape index (κ3) is 2.30. The number of hydrogen-bond acceptors (Lipinski definition) is 3. The van der Waals surface area contributed by atoms with Crippen molar-refractivity contribution in [2.45, 2.75) is 38.5 Å². The van der Waals surface area contributed by atoms with E-state index in [-0.39, 0.29) is 0 Å². The maximum absolute atomic E-state index is 5.82. The lowest BCUT2D eigenvalue weighted by Gasteiger charge is -2.23. The zero-order chi connectivity index (χ0) is 12.4. The largest absolute Gasteiger partial charge is 0.420 e. The first kappa shape index (κ1) is 11.5. The van der Waals surface area contributed by atoms with E-state index in [4.69, 9.17) is 4.42 Å². The van der Waals surface area contributed by atoms with Crippen molar-refractivity contribution < 1.29 is 4.42 Å². The van der Waals surface area contributed by atoms with Crippen LogP contribution in [0.1, 0.15) is 44.4 Å². The number of rotatable bonds is 2. The monoisotopic (exact) mass is 242 g/mol. The molecule has 1 fully saturated rings. The summed E-state index contributed by atoms with van der Waals surface area (Å²) in [4.78, 5) is 0. The second-order valence-corrected chi connectivity index (χ2v) is 5.27. The molecule has 1 aromatic carbocycles. The molecule has 0 spiro atoms. The van der Waals surface area contributed by atoms with Gasteiger partial charge in [0.15, 0.2) is 0 Å². The minimum atomic E-state index is 0.464. The van der Waals surface area contributed by atoms with Crippen LogP contribution >= 0.6 is 0 Å². The van der Waals surface area contributed by atoms with Crippen molar-refractivity contribution in [3.05, 3.63) is 36.2 Å². The lowest BCUT2D eigenvalue weighted by Crippen LogP contribution is -2.10. The Morgan fingerprint density at radius 3 is 2.44 bits per heavy atom. The SMILES string of the molecule is CC1CCC(c2nnc(-c3ccccc3)o2)CC1. The summed E-state index contributed by atoms with van der Waals surface area (Å²) in [5, 5.41) is 8.39. The first-order chi connectivity index (χ1) is 8.83. The Hall–Kier alpha value is -1.64. The second-order valence-electron chi connectivity index (χ2n) is 5.27. The van der Waals surface area contributed by atoms with Gasteiger partial charge in [-0.1, -0.05) is 25.1 Å². The summed E-state index contributed by atoms with van der Waals surface area (Å²) < 4.78 is 5.82. The van der Waals surface area contributed by atoms with Crippen LogP contribution in [0.5, 0.6) is 0 Å². The molecule has 0 N–H and O–H groups in total. The van der Waals surface area contributed by atoms with Gasteiger partial charge in [-0.2, -0.15) is 0 Å². The molecular weight excluding hydrogens is 224 g/mol. The molecule has 18 heavy (non-hydrogen) atoms. The maximum atomic E-state index is 5.82. The summed E-state index contributed by atoms with van der Waals surface area (Å²) in [7, 11) is 0. The van der Waals surface area contributed by atoms with Crippen LogP contribution in [-0.2, 0) is 0 Å². The van der Waals surface area contributed by atoms with Crippen LogP contribution in [-0.4, -0.2) is 10.2 Å². The van der Waals surface area contributed by atoms with Crippen LogP contribution in [0.4, 0.5) is 0 Å². The summed E-state index contributed by atoms with van der Waals surface area (Å²) in [5.41, 5.74) is 1.00. The fraction of sp³-hybridized carbons (Fsp3) is 0.467. The molecule has 0 aliphatic heterocycles. The van der Waals surface area contributed by atoms with E-state index in [9.17, 15) is 0 Å². The Bertz CT molecular complexity index is 498. The predicted octanol–water partition coefficient (Wildman–Crippen LogP) is 4.03. The lowest BCUT2D eigenvalue weighted by molar-refractivity contribution is 0.309. The second kappa shape index (κ2) is 4.92. The summed E-state index contributed by atoms with van der Waals surface area (Å²) in [6, 6.07) is 9.97. The zero-order valence-electron chi connectivity index (χ0n) is 10.7. The van der Waals surface area contributed by atoms with Gasteiger partial charge in [-0.15, -0.1) is 10.2 Å². The highest BCUT2D eigenvalue weighted by Gasteiger charge is 2.24. The Morgan fingerprint density at radius 2 is 1.72 bits per heavy atom. The van der Waals surface area contributed by atoms with E-state index in [1.165, 1.54) is 25.7 Å². The van der Waals surface area contributed by atoms with Crippen LogP contribution in [0.2, 0.25) is 0 Å². The first-order valence-electron chi connectivity index (χ1n) is 6.72. The van der Waals surface area contributed by atoms with Gasteiger partial charge >= 0.3 is 0 Å². The summed E-state index contributed by atoms with van der Waals surface area (Å²) >= 11 is 0. The molecular formula is C15H18N2O. The van der Waals surface area contributed by atoms with Crippen molar-refractivity contribution in [3.63, 3.8) is 0 Å². The molecule has 0 unspecified atom stereocenters. The van der Waals surface area contributed by atoms with Gasteiger partial charge in [-0.3, -0.25) is 0 Å². The molecule has 0 bridgehead atoms. The van der Waals surface area contributed by atoms with Gasteiger partial charge in [0.1, 0.15) is 0 Å². The van der Waals surface area contributed by atoms with E-state index in [0.29, 0.717) is 11.8 Å². The molecule has 0 amide bonds. The van der Waals surface area contributed by atoms with Crippen LogP contribution < -0.4 is 0 Å². The molecule has 0 atom stereocenters. The van der Waals surface area contributed by atoms with Crippen LogP contribution in [0.15, 0.2) is 34.7 Å². The quantitative estimate of drug-likeness (QED) is 0.798. The Labute approximate surface area is 107 Å². The summed E-state index contributed by atoms with van der Waals surface area (Å²) in [6.07, 6.45) is 4.90. The van der Waals surface area contributed by atoms with Crippen molar-refractivity contribution >= 4 is 0 Å². The highest BCUT2D eigenvalue weighted by atomic mass is 16.4. The molecule has 1 heterocycles. The van der Waals surface area contributed by atoms with E-state index < -0.39 is 0 Å². The van der Waals surface area contributed by atoms with Crippen molar-refractivity contribution in [2.24, 2.45) is 5.92 Å². The first-order valence-corrected chi connectivity index (χ1v) is 6.72. The molecule has 3 heteroatoms. The fourth-order valence-electron chi connectivity index (χ4n) is 2.60. The van der Waals surface area contributed by atoms with Crippen molar-refractivity contribution in [1.29, 1.82) is 0 Å². The highest BCUT2D eigenvalue weighted by Crippen LogP contribution is 2.35. The predicted molar refractivity (Wildman–Crippen MR) is 70.1 cm³/mol. The maximum Gasteiger partial charge on any atom is 0.247 e. The van der Waals surface area contributed by atoms with E-state index in [1.54, 1.807) is 0 Å². The molecule has 1 aliphatic carbocycles. The van der Waals surface area contributed by atoms with Gasteiger partial charge < -0.3 is 4.42 Å². The van der Waals surface area contributed by atoms with Crippen LogP contribution in [0, 0.1) is 5.92 Å². The van der Waals surface area contributed by atoms with Gasteiger partial charge in [-0.25, -0.2) is 0 Å². The third-order valence-electron chi connectivity index (χ3n) is 3.83. The van der Waals surface area contributed by atoms with Crippen molar-refractivity contribution in [3.8, 4) is 11.5 Å². The fourth-order valence-corrected chi connectivity index (χ4v) is 2.60. The normalized spacial score (nSPS) is 24.1. The van der Waals surface area contributed by atoms with Gasteiger partial charge in [0.2, 0.25) is 11.8 Å². The molecule has 3 rings (SSSR count). The van der Waals surface area contributed by atoms with E-state index >= 15 is 0 Å². The standard InChI is InChI=1S/C15H18N2O/c1-11-7-9-13(10-8-11)15-17-16-14(18-15)12-5-3-2-4-6-12/h2-6,11,13H,7-10H2,1H3. The van der Waals surface area contributed by atoms with E-state index in [0.717, 1.165) is 17.4 Å². The van der Waals surface area contributed by atoms with Gasteiger partial charge in [0.25, 0.3) is 0 Å². The highest BCUT2D eigenvalue weighted by molar-refractivity contribution is 5.51. The van der Waals surface area contributed by atoms with E-state index in [2.05, 4.69) is 17.1 Å². The van der Waals surface area contributed by atoms with Crippen LogP contribution in [0.25, 0.3) is 11.5 Å². The van der Waals surface area contributed by atoms with Gasteiger partial charge in [-0.05, 0) is 43.7 Å². The number of benzene rings is 1. The molecule has 94 valence electrons. The Kier molecular flexibility index (Phi) is 3.13. The molecule has 2 aromatic rings. The summed E-state index contributed by atoms with van der Waals surface area (Å²) in [5.74, 6) is 2.77. The topological polar surface area (TPSA) is 38.9 Å². The van der Waals surface area contributed by atoms with Gasteiger partial charge in [0.05, 0.1) is 0 Å². The van der Waals surface area contributed by atoms with Gasteiger partial charge in [0, 0.05) is 11.5 Å². The third-order valence-corrected chi connectivity index (χ3v) is 3.83. The molecule has 1 saturated carbocycles. The zero-order valence-corrected chi connectivity index (χ0v) is 10.7. The smallest absolute Gasteiger partial charge is 0.247 e. The molecule has 0 radical (unpaired) electrons. The Morgan fingerprint density at radius 1 is 1.00 bits per heavy atom. The van der Waals surface area contributed by atoms with E-state index in [1.807, 2.05) is 30.3 Å². The lowest BCUT2D eigenvalue weighted by atomic mass is 9.83. The molecule has 1 aliphatic rings. The average Bonchev–Trinajstić information content (AvgIpc) is 2.90. The molecule has 1 aromatic heterocycles. The van der Waals surface area contributed by atoms with Crippen molar-refractivity contribution in [1.82, 2.24) is 10.2 Å². The molecule has 3 nitrogen and oxygen atoms in total. The minimum Gasteiger partial charge on any atom is -0.420 e. The number of nitrogens with zero attached hydrogens (tertiary/aromatic N) is 2. The van der Waals surface area contributed by atoms with Crippen molar-refractivity contribution in [2.75, 3.05) is 0 Å². The number of hydrogen-bond donors (Lipinski definition) is 0. The number of aromatic nitrogens is 2. The average molecular weight is 242 g/mol. The Balaban J connectivity index is 1.78. The van der Waals surface area contributed by atoms with Crippen LogP contribution in [0.3, 0.4) is 0 Å². The minimum absolute atomic E-state index is 0.464. The molecule has 0 saturated heterocycles. The summed E-state index contributed by atoms with van der Waals surface area (Å²) in [6.45, 7) is 2.32.